The molecule has 3 rings (SSSR count). The Hall–Kier alpha value is -0.860. The van der Waals surface area contributed by atoms with Gasteiger partial charge in [0.25, 0.3) is 0 Å². The van der Waals surface area contributed by atoms with E-state index in [4.69, 9.17) is 11.6 Å². The molecule has 2 aromatic rings. The Kier molecular flexibility index (Phi) is 3.40. The standard InChI is InChI=1S/C15H13BrClN/c16-12-5-6-13(18-9-12)8-11-7-10-3-1-2-4-14(10)15(11)17/h1-6,9,11,15H,7-8H2. The fraction of sp³-hybridized carbons (Fsp3) is 0.267. The highest BCUT2D eigenvalue weighted by Crippen LogP contribution is 2.42. The predicted molar refractivity (Wildman–Crippen MR) is 77.9 cm³/mol. The fourth-order valence-electron chi connectivity index (χ4n) is 2.60. The average molecular weight is 323 g/mol. The van der Waals surface area contributed by atoms with E-state index >= 15 is 0 Å². The van der Waals surface area contributed by atoms with E-state index in [2.05, 4.69) is 51.2 Å². The molecule has 0 saturated heterocycles. The molecule has 1 aromatic heterocycles. The summed E-state index contributed by atoms with van der Waals surface area (Å²) in [7, 11) is 0. The van der Waals surface area contributed by atoms with Gasteiger partial charge in [0.05, 0.1) is 5.38 Å². The molecule has 0 fully saturated rings. The van der Waals surface area contributed by atoms with Crippen LogP contribution in [0.15, 0.2) is 47.1 Å². The van der Waals surface area contributed by atoms with Gasteiger partial charge in [-0.15, -0.1) is 11.6 Å². The Morgan fingerprint density at radius 1 is 1.22 bits per heavy atom. The van der Waals surface area contributed by atoms with Gasteiger partial charge in [-0.1, -0.05) is 24.3 Å². The molecule has 2 atom stereocenters. The van der Waals surface area contributed by atoms with E-state index in [0.29, 0.717) is 5.92 Å². The molecule has 0 saturated carbocycles. The maximum Gasteiger partial charge on any atom is 0.0623 e. The minimum absolute atomic E-state index is 0.117. The van der Waals surface area contributed by atoms with Gasteiger partial charge in [0.1, 0.15) is 0 Å². The van der Waals surface area contributed by atoms with Gasteiger partial charge in [0.2, 0.25) is 0 Å². The molecule has 0 amide bonds. The summed E-state index contributed by atoms with van der Waals surface area (Å²) in [6.45, 7) is 0. The molecule has 0 N–H and O–H groups in total. The van der Waals surface area contributed by atoms with Crippen molar-refractivity contribution in [1.82, 2.24) is 4.98 Å². The van der Waals surface area contributed by atoms with Crippen molar-refractivity contribution in [3.8, 4) is 0 Å². The quantitative estimate of drug-likeness (QED) is 0.740. The van der Waals surface area contributed by atoms with Gasteiger partial charge in [-0.3, -0.25) is 4.98 Å². The highest BCUT2D eigenvalue weighted by Gasteiger charge is 2.30. The maximum absolute atomic E-state index is 6.55. The lowest BCUT2D eigenvalue weighted by Crippen LogP contribution is -2.07. The van der Waals surface area contributed by atoms with E-state index in [1.54, 1.807) is 0 Å². The Morgan fingerprint density at radius 3 is 2.78 bits per heavy atom. The summed E-state index contributed by atoms with van der Waals surface area (Å²) in [6.07, 6.45) is 3.85. The molecule has 18 heavy (non-hydrogen) atoms. The van der Waals surface area contributed by atoms with Crippen molar-refractivity contribution in [2.75, 3.05) is 0 Å². The van der Waals surface area contributed by atoms with Crippen LogP contribution in [-0.4, -0.2) is 4.98 Å². The lowest BCUT2D eigenvalue weighted by Gasteiger charge is -2.13. The molecule has 1 aliphatic rings. The van der Waals surface area contributed by atoms with Crippen LogP contribution in [0.2, 0.25) is 0 Å². The minimum atomic E-state index is 0.117. The van der Waals surface area contributed by atoms with Gasteiger partial charge >= 0.3 is 0 Å². The molecule has 0 bridgehead atoms. The molecule has 1 aliphatic carbocycles. The second-order valence-corrected chi connectivity index (χ2v) is 6.12. The number of pyridine rings is 1. The van der Waals surface area contributed by atoms with E-state index in [1.807, 2.05) is 12.3 Å². The number of nitrogens with zero attached hydrogens (tertiary/aromatic N) is 1. The van der Waals surface area contributed by atoms with E-state index in [-0.39, 0.29) is 5.38 Å². The summed E-state index contributed by atoms with van der Waals surface area (Å²) in [5, 5.41) is 0.117. The van der Waals surface area contributed by atoms with Gasteiger partial charge in [0.15, 0.2) is 0 Å². The molecule has 0 aliphatic heterocycles. The van der Waals surface area contributed by atoms with Gasteiger partial charge in [0, 0.05) is 16.4 Å². The predicted octanol–water partition coefficient (Wildman–Crippen LogP) is 4.54. The number of aromatic nitrogens is 1. The maximum atomic E-state index is 6.55. The molecular weight excluding hydrogens is 310 g/mol. The van der Waals surface area contributed by atoms with Crippen molar-refractivity contribution in [3.63, 3.8) is 0 Å². The zero-order valence-corrected chi connectivity index (χ0v) is 12.2. The van der Waals surface area contributed by atoms with Crippen molar-refractivity contribution >= 4 is 27.5 Å². The first kappa shape index (κ1) is 12.2. The van der Waals surface area contributed by atoms with Crippen molar-refractivity contribution in [2.24, 2.45) is 5.92 Å². The largest absolute Gasteiger partial charge is 0.260 e. The van der Waals surface area contributed by atoms with Gasteiger partial charge in [-0.25, -0.2) is 0 Å². The summed E-state index contributed by atoms with van der Waals surface area (Å²) in [5.41, 5.74) is 3.79. The molecule has 3 heteroatoms. The number of benzene rings is 1. The van der Waals surface area contributed by atoms with Crippen LogP contribution in [0.4, 0.5) is 0 Å². The second kappa shape index (κ2) is 5.02. The molecule has 92 valence electrons. The Balaban J connectivity index is 1.78. The molecule has 1 aromatic carbocycles. The lowest BCUT2D eigenvalue weighted by molar-refractivity contribution is 0.536. The Morgan fingerprint density at radius 2 is 2.06 bits per heavy atom. The monoisotopic (exact) mass is 321 g/mol. The number of hydrogen-bond donors (Lipinski definition) is 0. The first-order valence-corrected chi connectivity index (χ1v) is 7.29. The van der Waals surface area contributed by atoms with Crippen LogP contribution in [0.5, 0.6) is 0 Å². The van der Waals surface area contributed by atoms with Crippen LogP contribution in [0.25, 0.3) is 0 Å². The van der Waals surface area contributed by atoms with Gasteiger partial charge in [-0.2, -0.15) is 0 Å². The fourth-order valence-corrected chi connectivity index (χ4v) is 3.23. The van der Waals surface area contributed by atoms with E-state index < -0.39 is 0 Å². The van der Waals surface area contributed by atoms with Crippen molar-refractivity contribution in [1.29, 1.82) is 0 Å². The summed E-state index contributed by atoms with van der Waals surface area (Å²) in [4.78, 5) is 4.43. The Labute approximate surface area is 120 Å². The third-order valence-electron chi connectivity index (χ3n) is 3.51. The van der Waals surface area contributed by atoms with Gasteiger partial charge < -0.3 is 0 Å². The third-order valence-corrected chi connectivity index (χ3v) is 4.57. The first-order valence-electron chi connectivity index (χ1n) is 6.06. The van der Waals surface area contributed by atoms with Gasteiger partial charge in [-0.05, 0) is 57.9 Å². The molecule has 1 nitrogen and oxygen atoms in total. The van der Waals surface area contributed by atoms with Crippen molar-refractivity contribution in [2.45, 2.75) is 18.2 Å². The zero-order chi connectivity index (χ0) is 12.5. The molecule has 2 unspecified atom stereocenters. The minimum Gasteiger partial charge on any atom is -0.260 e. The molecule has 0 radical (unpaired) electrons. The lowest BCUT2D eigenvalue weighted by atomic mass is 9.99. The average Bonchev–Trinajstić information content (AvgIpc) is 2.70. The number of hydrogen-bond acceptors (Lipinski definition) is 1. The number of halogens is 2. The Bertz CT molecular complexity index is 553. The van der Waals surface area contributed by atoms with E-state index in [1.165, 1.54) is 11.1 Å². The highest BCUT2D eigenvalue weighted by atomic mass is 79.9. The summed E-state index contributed by atoms with van der Waals surface area (Å²) >= 11 is 9.96. The van der Waals surface area contributed by atoms with Crippen LogP contribution < -0.4 is 0 Å². The number of rotatable bonds is 2. The summed E-state index contributed by atoms with van der Waals surface area (Å²) < 4.78 is 1.02. The van der Waals surface area contributed by atoms with Crippen LogP contribution in [0.1, 0.15) is 22.2 Å². The molecule has 0 spiro atoms. The number of alkyl halides is 1. The van der Waals surface area contributed by atoms with E-state index in [0.717, 1.165) is 23.0 Å². The van der Waals surface area contributed by atoms with Crippen molar-refractivity contribution < 1.29 is 0 Å². The van der Waals surface area contributed by atoms with Crippen molar-refractivity contribution in [3.05, 3.63) is 63.9 Å². The first-order chi connectivity index (χ1) is 8.74. The molecular formula is C15H13BrClN. The third kappa shape index (κ3) is 2.32. The second-order valence-electron chi connectivity index (χ2n) is 4.74. The summed E-state index contributed by atoms with van der Waals surface area (Å²) in [5.74, 6) is 0.456. The van der Waals surface area contributed by atoms with E-state index in [9.17, 15) is 0 Å². The molecule has 1 heterocycles. The van der Waals surface area contributed by atoms with Crippen LogP contribution in [0, 0.1) is 5.92 Å². The topological polar surface area (TPSA) is 12.9 Å². The highest BCUT2D eigenvalue weighted by molar-refractivity contribution is 9.10. The normalized spacial score (nSPS) is 21.9. The number of fused-ring (bicyclic) bond motifs is 1. The van der Waals surface area contributed by atoms with Crippen LogP contribution in [-0.2, 0) is 12.8 Å². The van der Waals surface area contributed by atoms with Crippen LogP contribution >= 0.6 is 27.5 Å². The zero-order valence-electron chi connectivity index (χ0n) is 9.81. The van der Waals surface area contributed by atoms with Crippen LogP contribution in [0.3, 0.4) is 0 Å². The smallest absolute Gasteiger partial charge is 0.0623 e. The summed E-state index contributed by atoms with van der Waals surface area (Å²) in [6, 6.07) is 12.6. The SMILES string of the molecule is ClC1c2ccccc2CC1Cc1ccc(Br)cn1.